The van der Waals surface area contributed by atoms with Crippen molar-refractivity contribution >= 4 is 44.9 Å². The molecule has 0 atom stereocenters. The molecule has 0 saturated carbocycles. The van der Waals surface area contributed by atoms with Crippen LogP contribution in [0.3, 0.4) is 0 Å². The summed E-state index contributed by atoms with van der Waals surface area (Å²) in [6.45, 7) is 0.722. The van der Waals surface area contributed by atoms with Crippen molar-refractivity contribution in [1.82, 2.24) is 10.4 Å². The molecule has 4 rings (SSSR count). The number of fused-ring (bicyclic) bond motifs is 1. The summed E-state index contributed by atoms with van der Waals surface area (Å²) < 4.78 is 31.4. The lowest BCUT2D eigenvalue weighted by Crippen LogP contribution is -2.30. The van der Waals surface area contributed by atoms with E-state index in [1.807, 2.05) is 48.5 Å². The first kappa shape index (κ1) is 28.9. The SMILES string of the molecule is CS(=O)(=O)Nc1ccc2c(C(=O)NN)cc(-c3ccc(-c4ccc(OCCCCO)cc4)cc3)nc2c1.Cl. The Balaban J connectivity index is 0.00000400. The number of nitrogens with one attached hydrogen (secondary N) is 2. The second kappa shape index (κ2) is 12.7. The van der Waals surface area contributed by atoms with Gasteiger partial charge >= 0.3 is 0 Å². The number of nitrogens with two attached hydrogens (primary N) is 1. The van der Waals surface area contributed by atoms with E-state index in [1.54, 1.807) is 24.3 Å². The van der Waals surface area contributed by atoms with E-state index in [9.17, 15) is 13.2 Å². The molecule has 0 aliphatic heterocycles. The highest BCUT2D eigenvalue weighted by Crippen LogP contribution is 2.29. The number of aliphatic hydroxyl groups is 1. The van der Waals surface area contributed by atoms with E-state index in [0.29, 0.717) is 40.9 Å². The number of aliphatic hydroxyl groups excluding tert-OH is 1. The van der Waals surface area contributed by atoms with Gasteiger partial charge in [-0.1, -0.05) is 36.4 Å². The number of aromatic nitrogens is 1. The summed E-state index contributed by atoms with van der Waals surface area (Å²) in [4.78, 5) is 17.2. The number of rotatable bonds is 10. The molecule has 1 aromatic heterocycles. The van der Waals surface area contributed by atoms with Gasteiger partial charge in [0.15, 0.2) is 0 Å². The van der Waals surface area contributed by atoms with Gasteiger partial charge in [-0.05, 0) is 60.4 Å². The maximum absolute atomic E-state index is 12.5. The number of benzene rings is 3. The highest BCUT2D eigenvalue weighted by Gasteiger charge is 2.15. The summed E-state index contributed by atoms with van der Waals surface area (Å²) in [7, 11) is -3.47. The number of anilines is 1. The average Bonchev–Trinajstić information content (AvgIpc) is 2.89. The fourth-order valence-corrected chi connectivity index (χ4v) is 4.46. The number of carbonyl (C=O) groups excluding carboxylic acids is 1. The van der Waals surface area contributed by atoms with Gasteiger partial charge < -0.3 is 9.84 Å². The fraction of sp³-hybridized carbons (Fsp3) is 0.185. The van der Waals surface area contributed by atoms with E-state index >= 15 is 0 Å². The lowest BCUT2D eigenvalue weighted by atomic mass is 10.00. The van der Waals surface area contributed by atoms with Crippen LogP contribution in [0, 0.1) is 0 Å². The van der Waals surface area contributed by atoms with E-state index in [-0.39, 0.29) is 19.0 Å². The Kier molecular flexibility index (Phi) is 9.65. The molecule has 0 unspecified atom stereocenters. The van der Waals surface area contributed by atoms with Crippen LogP contribution in [0.1, 0.15) is 23.2 Å². The van der Waals surface area contributed by atoms with Crippen molar-refractivity contribution in [2.24, 2.45) is 5.84 Å². The normalized spacial score (nSPS) is 11.0. The number of amides is 1. The molecule has 0 bridgehead atoms. The van der Waals surface area contributed by atoms with Crippen LogP contribution in [0.25, 0.3) is 33.3 Å². The standard InChI is InChI=1S/C27H28N4O5S.ClH/c1-37(34,35)31-21-10-13-23-24(27(33)30-28)17-25(29-26(23)16-21)20-6-4-18(5-7-20)19-8-11-22(12-9-19)36-15-3-2-14-32;/h4-13,16-17,31-32H,2-3,14-15,28H2,1H3,(H,30,33);1H. The topological polar surface area (TPSA) is 144 Å². The van der Waals surface area contributed by atoms with Crippen LogP contribution in [0.4, 0.5) is 5.69 Å². The number of hydrazine groups is 1. The fourth-order valence-electron chi connectivity index (χ4n) is 3.90. The number of hydrogen-bond donors (Lipinski definition) is 4. The van der Waals surface area contributed by atoms with Gasteiger partial charge in [0.1, 0.15) is 5.75 Å². The summed E-state index contributed by atoms with van der Waals surface area (Å²) >= 11 is 0. The van der Waals surface area contributed by atoms with Crippen molar-refractivity contribution in [1.29, 1.82) is 0 Å². The third-order valence-corrected chi connectivity index (χ3v) is 6.28. The van der Waals surface area contributed by atoms with Gasteiger partial charge in [-0.25, -0.2) is 19.2 Å². The summed E-state index contributed by atoms with van der Waals surface area (Å²) in [6, 6.07) is 21.9. The monoisotopic (exact) mass is 556 g/mol. The summed E-state index contributed by atoms with van der Waals surface area (Å²) in [5, 5.41) is 9.40. The molecule has 1 heterocycles. The molecule has 0 aliphatic rings. The number of sulfonamides is 1. The molecule has 5 N–H and O–H groups in total. The molecule has 0 radical (unpaired) electrons. The van der Waals surface area contributed by atoms with Crippen LogP contribution in [-0.2, 0) is 10.0 Å². The Labute approximate surface area is 227 Å². The molecule has 3 aromatic carbocycles. The number of hydrogen-bond acceptors (Lipinski definition) is 7. The Morgan fingerprint density at radius 1 is 0.947 bits per heavy atom. The highest BCUT2D eigenvalue weighted by atomic mass is 35.5. The van der Waals surface area contributed by atoms with Crippen molar-refractivity contribution in [2.75, 3.05) is 24.2 Å². The van der Waals surface area contributed by atoms with Crippen LogP contribution in [0.2, 0.25) is 0 Å². The Morgan fingerprint density at radius 2 is 1.58 bits per heavy atom. The smallest absolute Gasteiger partial charge is 0.265 e. The maximum atomic E-state index is 12.5. The number of halogens is 1. The Hall–Kier alpha value is -3.70. The maximum Gasteiger partial charge on any atom is 0.265 e. The quantitative estimate of drug-likeness (QED) is 0.0995. The van der Waals surface area contributed by atoms with Crippen molar-refractivity contribution in [3.05, 3.63) is 78.4 Å². The molecule has 9 nitrogen and oxygen atoms in total. The van der Waals surface area contributed by atoms with Crippen LogP contribution < -0.4 is 20.7 Å². The minimum atomic E-state index is -3.47. The number of ether oxygens (including phenoxy) is 1. The second-order valence-corrected chi connectivity index (χ2v) is 10.3. The zero-order valence-electron chi connectivity index (χ0n) is 20.7. The number of nitrogen functional groups attached to an aromatic ring is 1. The molecular weight excluding hydrogens is 528 g/mol. The first-order valence-corrected chi connectivity index (χ1v) is 13.5. The molecule has 4 aromatic rings. The first-order chi connectivity index (χ1) is 17.8. The minimum absolute atomic E-state index is 0. The largest absolute Gasteiger partial charge is 0.494 e. The van der Waals surface area contributed by atoms with Crippen LogP contribution in [0.15, 0.2) is 72.8 Å². The third kappa shape index (κ3) is 7.20. The predicted molar refractivity (Wildman–Crippen MR) is 152 cm³/mol. The van der Waals surface area contributed by atoms with Gasteiger partial charge in [0.05, 0.1) is 35.3 Å². The zero-order valence-corrected chi connectivity index (χ0v) is 22.3. The predicted octanol–water partition coefficient (Wildman–Crippen LogP) is 4.12. The molecule has 1 amide bonds. The Morgan fingerprint density at radius 3 is 2.18 bits per heavy atom. The molecule has 200 valence electrons. The van der Waals surface area contributed by atoms with Gasteiger partial charge in [-0.3, -0.25) is 14.9 Å². The van der Waals surface area contributed by atoms with Gasteiger partial charge in [0.25, 0.3) is 5.91 Å². The molecule has 0 fully saturated rings. The van der Waals surface area contributed by atoms with Crippen LogP contribution >= 0.6 is 12.4 Å². The van der Waals surface area contributed by atoms with Crippen molar-refractivity contribution in [3.63, 3.8) is 0 Å². The van der Waals surface area contributed by atoms with E-state index in [1.165, 1.54) is 0 Å². The lowest BCUT2D eigenvalue weighted by molar-refractivity contribution is 0.0955. The zero-order chi connectivity index (χ0) is 26.4. The van der Waals surface area contributed by atoms with Crippen LogP contribution in [-0.4, -0.2) is 43.9 Å². The van der Waals surface area contributed by atoms with E-state index in [4.69, 9.17) is 15.7 Å². The van der Waals surface area contributed by atoms with Gasteiger partial charge in [-0.2, -0.15) is 0 Å². The second-order valence-electron chi connectivity index (χ2n) is 8.52. The average molecular weight is 557 g/mol. The van der Waals surface area contributed by atoms with Crippen molar-refractivity contribution in [2.45, 2.75) is 12.8 Å². The van der Waals surface area contributed by atoms with Gasteiger partial charge in [0.2, 0.25) is 10.0 Å². The Bertz CT molecular complexity index is 1510. The van der Waals surface area contributed by atoms with Gasteiger partial charge in [-0.15, -0.1) is 12.4 Å². The van der Waals surface area contributed by atoms with Gasteiger partial charge in [0, 0.05) is 17.6 Å². The molecule has 38 heavy (non-hydrogen) atoms. The third-order valence-electron chi connectivity index (χ3n) is 5.68. The first-order valence-electron chi connectivity index (χ1n) is 11.7. The number of unbranched alkanes of at least 4 members (excludes halogenated alkanes) is 1. The highest BCUT2D eigenvalue weighted by molar-refractivity contribution is 7.92. The molecular formula is C27H29ClN4O5S. The van der Waals surface area contributed by atoms with E-state index in [0.717, 1.165) is 35.1 Å². The molecule has 11 heteroatoms. The molecule has 0 saturated heterocycles. The molecule has 0 spiro atoms. The lowest BCUT2D eigenvalue weighted by Gasteiger charge is -2.12. The summed E-state index contributed by atoms with van der Waals surface area (Å²) in [5.74, 6) is 5.70. The van der Waals surface area contributed by atoms with Crippen molar-refractivity contribution < 1.29 is 23.1 Å². The van der Waals surface area contributed by atoms with Crippen LogP contribution in [0.5, 0.6) is 5.75 Å². The minimum Gasteiger partial charge on any atom is -0.494 e. The summed E-state index contributed by atoms with van der Waals surface area (Å²) in [6.07, 6.45) is 2.58. The number of nitrogens with zero attached hydrogens (tertiary/aromatic N) is 1. The molecule has 0 aliphatic carbocycles. The number of pyridine rings is 1. The van der Waals surface area contributed by atoms with E-state index < -0.39 is 15.9 Å². The van der Waals surface area contributed by atoms with E-state index in [2.05, 4.69) is 15.1 Å². The van der Waals surface area contributed by atoms with Crippen molar-refractivity contribution in [3.8, 4) is 28.1 Å². The number of carbonyl (C=O) groups is 1. The summed E-state index contributed by atoms with van der Waals surface area (Å²) in [5.41, 5.74) is 6.61.